The van der Waals surface area contributed by atoms with Crippen LogP contribution < -0.4 is 5.32 Å². The van der Waals surface area contributed by atoms with Crippen molar-refractivity contribution < 1.29 is 18.0 Å². The van der Waals surface area contributed by atoms with Crippen LogP contribution in [0.5, 0.6) is 0 Å². The molecule has 0 saturated carbocycles. The van der Waals surface area contributed by atoms with Gasteiger partial charge in [-0.15, -0.1) is 10.2 Å². The highest BCUT2D eigenvalue weighted by molar-refractivity contribution is 6.04. The van der Waals surface area contributed by atoms with E-state index in [9.17, 15) is 18.0 Å². The van der Waals surface area contributed by atoms with Crippen molar-refractivity contribution in [3.8, 4) is 11.3 Å². The Morgan fingerprint density at radius 1 is 1.14 bits per heavy atom. The SMILES string of the molecule is CN1CCC[C@@H](Nc2nnc(-c3ccc(C(F)(F)F)cc3)c3c2C(=O)N(C)C3)C1. The molecular weight excluding hydrogens is 383 g/mol. The summed E-state index contributed by atoms with van der Waals surface area (Å²) in [6.07, 6.45) is -2.37. The van der Waals surface area contributed by atoms with Crippen LogP contribution in [-0.2, 0) is 12.7 Å². The maximum atomic E-state index is 12.9. The number of halogens is 3. The molecule has 1 saturated heterocycles. The molecule has 0 spiro atoms. The van der Waals surface area contributed by atoms with Crippen LogP contribution in [0.25, 0.3) is 11.3 Å². The third-order valence-corrected chi connectivity index (χ3v) is 5.48. The normalized spacial score (nSPS) is 20.1. The Kier molecular flexibility index (Phi) is 4.94. The van der Waals surface area contributed by atoms with Gasteiger partial charge in [-0.1, -0.05) is 12.1 Å². The van der Waals surface area contributed by atoms with Crippen molar-refractivity contribution in [2.45, 2.75) is 31.6 Å². The number of nitrogens with zero attached hydrogens (tertiary/aromatic N) is 4. The van der Waals surface area contributed by atoms with E-state index in [1.807, 2.05) is 0 Å². The van der Waals surface area contributed by atoms with Gasteiger partial charge in [0.25, 0.3) is 5.91 Å². The van der Waals surface area contributed by atoms with Gasteiger partial charge in [0.05, 0.1) is 16.8 Å². The minimum absolute atomic E-state index is 0.158. The first-order valence-electron chi connectivity index (χ1n) is 9.52. The number of amides is 1. The number of alkyl halides is 3. The molecular formula is C20H22F3N5O. The van der Waals surface area contributed by atoms with Crippen LogP contribution >= 0.6 is 0 Å². The zero-order chi connectivity index (χ0) is 20.8. The lowest BCUT2D eigenvalue weighted by Crippen LogP contribution is -2.40. The van der Waals surface area contributed by atoms with Crippen LogP contribution in [0.4, 0.5) is 19.0 Å². The molecule has 2 aromatic rings. The molecule has 0 unspecified atom stereocenters. The number of carbonyl (C=O) groups excluding carboxylic acids is 1. The number of rotatable bonds is 3. The van der Waals surface area contributed by atoms with Gasteiger partial charge >= 0.3 is 6.18 Å². The van der Waals surface area contributed by atoms with E-state index in [2.05, 4.69) is 27.5 Å². The Balaban J connectivity index is 1.70. The summed E-state index contributed by atoms with van der Waals surface area (Å²) in [5.41, 5.74) is 1.38. The maximum Gasteiger partial charge on any atom is 0.416 e. The third kappa shape index (κ3) is 3.78. The molecule has 1 aromatic heterocycles. The van der Waals surface area contributed by atoms with Crippen molar-refractivity contribution in [3.05, 3.63) is 41.0 Å². The highest BCUT2D eigenvalue weighted by atomic mass is 19.4. The number of carbonyl (C=O) groups is 1. The highest BCUT2D eigenvalue weighted by Gasteiger charge is 2.34. The molecule has 0 bridgehead atoms. The second-order valence-electron chi connectivity index (χ2n) is 7.73. The number of hydrogen-bond acceptors (Lipinski definition) is 5. The molecule has 0 aliphatic carbocycles. The monoisotopic (exact) mass is 405 g/mol. The molecule has 0 radical (unpaired) electrons. The Labute approximate surface area is 166 Å². The fourth-order valence-electron chi connectivity index (χ4n) is 3.98. The van der Waals surface area contributed by atoms with Crippen LogP contribution in [0.1, 0.15) is 34.3 Å². The van der Waals surface area contributed by atoms with Crippen molar-refractivity contribution in [1.82, 2.24) is 20.0 Å². The summed E-state index contributed by atoms with van der Waals surface area (Å²) in [7, 11) is 3.74. The summed E-state index contributed by atoms with van der Waals surface area (Å²) in [6.45, 7) is 2.23. The fraction of sp³-hybridized carbons (Fsp3) is 0.450. The minimum atomic E-state index is -4.40. The third-order valence-electron chi connectivity index (χ3n) is 5.48. The molecule has 154 valence electrons. The molecule has 1 N–H and O–H groups in total. The molecule has 1 aromatic carbocycles. The van der Waals surface area contributed by atoms with Gasteiger partial charge in [-0.05, 0) is 38.6 Å². The number of benzene rings is 1. The summed E-state index contributed by atoms with van der Waals surface area (Å²) < 4.78 is 38.6. The van der Waals surface area contributed by atoms with Crippen LogP contribution in [-0.4, -0.2) is 59.1 Å². The van der Waals surface area contributed by atoms with E-state index in [1.165, 1.54) is 12.1 Å². The van der Waals surface area contributed by atoms with E-state index in [4.69, 9.17) is 0 Å². The van der Waals surface area contributed by atoms with Crippen LogP contribution in [0, 0.1) is 0 Å². The summed E-state index contributed by atoms with van der Waals surface area (Å²) >= 11 is 0. The first-order valence-corrected chi connectivity index (χ1v) is 9.52. The molecule has 1 atom stereocenters. The predicted octanol–water partition coefficient (Wildman–Crippen LogP) is 3.25. The summed E-state index contributed by atoms with van der Waals surface area (Å²) in [5, 5.41) is 11.9. The van der Waals surface area contributed by atoms with Crippen molar-refractivity contribution >= 4 is 11.7 Å². The van der Waals surface area contributed by atoms with E-state index in [0.717, 1.165) is 38.1 Å². The number of likely N-dealkylation sites (tertiary alicyclic amines) is 1. The van der Waals surface area contributed by atoms with Gasteiger partial charge in [-0.2, -0.15) is 13.2 Å². The topological polar surface area (TPSA) is 61.4 Å². The van der Waals surface area contributed by atoms with Gasteiger partial charge in [0.2, 0.25) is 0 Å². The van der Waals surface area contributed by atoms with Gasteiger partial charge in [0.1, 0.15) is 0 Å². The van der Waals surface area contributed by atoms with E-state index >= 15 is 0 Å². The number of fused-ring (bicyclic) bond motifs is 1. The standard InChI is InChI=1S/C20H22F3N5O/c1-27-9-3-4-14(10-27)24-18-16-15(11-28(2)19(16)29)17(25-26-18)12-5-7-13(8-6-12)20(21,22)23/h5-8,14H,3-4,9-11H2,1-2H3,(H,24,26)/t14-/m1/s1. The van der Waals surface area contributed by atoms with Gasteiger partial charge < -0.3 is 15.1 Å². The number of piperidine rings is 1. The smallest absolute Gasteiger partial charge is 0.364 e. The first kappa shape index (κ1) is 19.6. The summed E-state index contributed by atoms with van der Waals surface area (Å²) in [6, 6.07) is 4.96. The Bertz CT molecular complexity index is 929. The number of aromatic nitrogens is 2. The van der Waals surface area contributed by atoms with Crippen molar-refractivity contribution in [1.29, 1.82) is 0 Å². The van der Waals surface area contributed by atoms with Gasteiger partial charge in [0.15, 0.2) is 5.82 Å². The quantitative estimate of drug-likeness (QED) is 0.850. The second-order valence-corrected chi connectivity index (χ2v) is 7.73. The van der Waals surface area contributed by atoms with Gasteiger partial charge in [-0.3, -0.25) is 4.79 Å². The molecule has 9 heteroatoms. The lowest BCUT2D eigenvalue weighted by atomic mass is 10.0. The van der Waals surface area contributed by atoms with E-state index < -0.39 is 11.7 Å². The Morgan fingerprint density at radius 2 is 1.86 bits per heavy atom. The average Bonchev–Trinajstić information content (AvgIpc) is 2.97. The summed E-state index contributed by atoms with van der Waals surface area (Å²) in [5.74, 6) is 0.292. The molecule has 3 heterocycles. The van der Waals surface area contributed by atoms with E-state index in [1.54, 1.807) is 11.9 Å². The zero-order valence-corrected chi connectivity index (χ0v) is 16.3. The Hall–Kier alpha value is -2.68. The molecule has 29 heavy (non-hydrogen) atoms. The lowest BCUT2D eigenvalue weighted by Gasteiger charge is -2.30. The van der Waals surface area contributed by atoms with Crippen molar-refractivity contribution in [2.75, 3.05) is 32.5 Å². The Morgan fingerprint density at radius 3 is 2.52 bits per heavy atom. The van der Waals surface area contributed by atoms with E-state index in [0.29, 0.717) is 34.7 Å². The maximum absolute atomic E-state index is 12.9. The van der Waals surface area contributed by atoms with Crippen LogP contribution in [0.15, 0.2) is 24.3 Å². The van der Waals surface area contributed by atoms with Gasteiger partial charge in [0, 0.05) is 37.3 Å². The number of likely N-dealkylation sites (N-methyl/N-ethyl adjacent to an activating group) is 1. The molecule has 2 aliphatic rings. The van der Waals surface area contributed by atoms with Crippen molar-refractivity contribution in [2.24, 2.45) is 0 Å². The van der Waals surface area contributed by atoms with Gasteiger partial charge in [-0.25, -0.2) is 0 Å². The lowest BCUT2D eigenvalue weighted by molar-refractivity contribution is -0.137. The predicted molar refractivity (Wildman–Crippen MR) is 102 cm³/mol. The largest absolute Gasteiger partial charge is 0.416 e. The van der Waals surface area contributed by atoms with Crippen molar-refractivity contribution in [3.63, 3.8) is 0 Å². The second kappa shape index (κ2) is 7.29. The zero-order valence-electron chi connectivity index (χ0n) is 16.3. The average molecular weight is 405 g/mol. The molecule has 1 amide bonds. The molecule has 4 rings (SSSR count). The van der Waals surface area contributed by atoms with E-state index in [-0.39, 0.29) is 11.9 Å². The molecule has 1 fully saturated rings. The summed E-state index contributed by atoms with van der Waals surface area (Å²) in [4.78, 5) is 16.5. The number of hydrogen-bond donors (Lipinski definition) is 1. The molecule has 6 nitrogen and oxygen atoms in total. The first-order chi connectivity index (χ1) is 13.7. The number of anilines is 1. The van der Waals surface area contributed by atoms with Crippen LogP contribution in [0.2, 0.25) is 0 Å². The highest BCUT2D eigenvalue weighted by Crippen LogP contribution is 2.36. The minimum Gasteiger partial charge on any atom is -0.364 e. The van der Waals surface area contributed by atoms with Crippen LogP contribution in [0.3, 0.4) is 0 Å². The number of nitrogens with one attached hydrogen (secondary N) is 1. The fourth-order valence-corrected chi connectivity index (χ4v) is 3.98. The molecule has 2 aliphatic heterocycles.